The van der Waals surface area contributed by atoms with Crippen molar-refractivity contribution in [3.63, 3.8) is 0 Å². The number of aryl methyl sites for hydroxylation is 1. The summed E-state index contributed by atoms with van der Waals surface area (Å²) in [6.45, 7) is 8.35. The monoisotopic (exact) mass is 433 g/mol. The first-order valence-corrected chi connectivity index (χ1v) is 10.4. The van der Waals surface area contributed by atoms with Crippen LogP contribution in [0.5, 0.6) is 11.5 Å². The smallest absolute Gasteiger partial charge is 0.340 e. The number of carbonyl (C=O) groups excluding carboxylic acids is 1. The molecule has 7 nitrogen and oxygen atoms in total. The fourth-order valence-electron chi connectivity index (χ4n) is 4.04. The fraction of sp³-hybridized carbons (Fsp3) is 0.280. The van der Waals surface area contributed by atoms with Gasteiger partial charge in [0.15, 0.2) is 11.5 Å². The zero-order valence-corrected chi connectivity index (χ0v) is 18.3. The van der Waals surface area contributed by atoms with E-state index in [4.69, 9.17) is 18.3 Å². The third-order valence-electron chi connectivity index (χ3n) is 5.78. The van der Waals surface area contributed by atoms with Gasteiger partial charge in [-0.1, -0.05) is 20.8 Å². The van der Waals surface area contributed by atoms with Crippen LogP contribution in [0.15, 0.2) is 50.2 Å². The van der Waals surface area contributed by atoms with Crippen LogP contribution in [0.3, 0.4) is 0 Å². The van der Waals surface area contributed by atoms with Crippen LogP contribution in [0.2, 0.25) is 0 Å². The highest BCUT2D eigenvalue weighted by Gasteiger charge is 2.22. The van der Waals surface area contributed by atoms with Crippen molar-refractivity contribution in [3.8, 4) is 11.5 Å². The van der Waals surface area contributed by atoms with Crippen LogP contribution in [-0.2, 0) is 16.6 Å². The largest absolute Gasteiger partial charge is 0.464 e. The number of amides is 1. The lowest BCUT2D eigenvalue weighted by molar-refractivity contribution is -0.115. The Morgan fingerprint density at radius 1 is 1.03 bits per heavy atom. The van der Waals surface area contributed by atoms with E-state index in [0.717, 1.165) is 21.9 Å². The van der Waals surface area contributed by atoms with Gasteiger partial charge in [0.25, 0.3) is 0 Å². The molecule has 0 unspecified atom stereocenters. The number of nitrogens with one attached hydrogen (secondary N) is 1. The molecular formula is C25H23NO6. The number of ether oxygens (including phenoxy) is 2. The summed E-state index contributed by atoms with van der Waals surface area (Å²) in [6, 6.07) is 8.87. The maximum Gasteiger partial charge on any atom is 0.340 e. The maximum atomic E-state index is 12.7. The lowest BCUT2D eigenvalue weighted by Crippen LogP contribution is -2.20. The van der Waals surface area contributed by atoms with Gasteiger partial charge in [-0.15, -0.1) is 0 Å². The second-order valence-electron chi connectivity index (χ2n) is 9.03. The molecule has 0 aliphatic carbocycles. The van der Waals surface area contributed by atoms with Crippen molar-refractivity contribution in [2.75, 3.05) is 12.1 Å². The van der Waals surface area contributed by atoms with Crippen LogP contribution in [0.4, 0.5) is 5.69 Å². The van der Waals surface area contributed by atoms with Gasteiger partial charge in [0.2, 0.25) is 12.7 Å². The predicted octanol–water partition coefficient (Wildman–Crippen LogP) is 5.06. The van der Waals surface area contributed by atoms with Gasteiger partial charge in [0.05, 0.1) is 18.2 Å². The quantitative estimate of drug-likeness (QED) is 0.455. The summed E-state index contributed by atoms with van der Waals surface area (Å²) in [5.74, 6) is 0.885. The maximum absolute atomic E-state index is 12.7. The summed E-state index contributed by atoms with van der Waals surface area (Å²) in [4.78, 5) is 25.4. The topological polar surface area (TPSA) is 90.9 Å². The highest BCUT2D eigenvalue weighted by molar-refractivity contribution is 5.98. The first-order chi connectivity index (χ1) is 15.2. The van der Waals surface area contributed by atoms with E-state index in [1.165, 1.54) is 0 Å². The van der Waals surface area contributed by atoms with Gasteiger partial charge in [-0.3, -0.25) is 4.79 Å². The Hall–Kier alpha value is -3.74. The molecule has 5 rings (SSSR count). The molecule has 1 N–H and O–H groups in total. The molecule has 0 saturated heterocycles. The molecule has 4 aromatic rings. The van der Waals surface area contributed by atoms with Gasteiger partial charge in [0, 0.05) is 34.2 Å². The molecule has 1 aliphatic heterocycles. The summed E-state index contributed by atoms with van der Waals surface area (Å²) in [5, 5.41) is 4.56. The Bertz CT molecular complexity index is 1440. The zero-order chi connectivity index (χ0) is 22.6. The normalized spacial score (nSPS) is 13.1. The van der Waals surface area contributed by atoms with Crippen LogP contribution in [0.25, 0.3) is 21.9 Å². The van der Waals surface area contributed by atoms with Gasteiger partial charge in [-0.2, -0.15) is 0 Å². The van der Waals surface area contributed by atoms with Crippen molar-refractivity contribution in [2.45, 2.75) is 39.5 Å². The lowest BCUT2D eigenvalue weighted by atomic mass is 9.86. The van der Waals surface area contributed by atoms with Gasteiger partial charge in [-0.05, 0) is 36.1 Å². The molecule has 32 heavy (non-hydrogen) atoms. The Labute approximate surface area is 183 Å². The number of anilines is 1. The second-order valence-corrected chi connectivity index (χ2v) is 9.03. The molecule has 1 amide bonds. The highest BCUT2D eigenvalue weighted by Crippen LogP contribution is 2.36. The number of rotatable bonds is 3. The summed E-state index contributed by atoms with van der Waals surface area (Å²) in [7, 11) is 0. The number of carbonyl (C=O) groups is 1. The standard InChI is InChI=1S/C25H23NO6/c1-13-15-8-17-18(25(2,3)4)11-29-20(17)10-21(15)32-24(28)16(13)9-23(27)26-14-5-6-19-22(7-14)31-12-30-19/h5-8,10-11H,9,12H2,1-4H3,(H,26,27). The van der Waals surface area contributed by atoms with E-state index in [-0.39, 0.29) is 24.5 Å². The minimum absolute atomic E-state index is 0.101. The number of furan rings is 1. The molecule has 7 heteroatoms. The number of hydrogen-bond acceptors (Lipinski definition) is 6. The molecule has 2 aromatic carbocycles. The minimum atomic E-state index is -0.530. The predicted molar refractivity (Wildman–Crippen MR) is 121 cm³/mol. The van der Waals surface area contributed by atoms with Crippen LogP contribution >= 0.6 is 0 Å². The summed E-state index contributed by atoms with van der Waals surface area (Å²) >= 11 is 0. The summed E-state index contributed by atoms with van der Waals surface area (Å²) < 4.78 is 21.9. The Morgan fingerprint density at radius 3 is 2.59 bits per heavy atom. The summed E-state index contributed by atoms with van der Waals surface area (Å²) in [5.41, 5.74) is 3.16. The third-order valence-corrected chi connectivity index (χ3v) is 5.78. The molecular weight excluding hydrogens is 410 g/mol. The molecule has 0 spiro atoms. The molecule has 0 saturated carbocycles. The van der Waals surface area contributed by atoms with Crippen LogP contribution < -0.4 is 20.4 Å². The molecule has 3 heterocycles. The van der Waals surface area contributed by atoms with E-state index in [1.807, 2.05) is 13.0 Å². The molecule has 164 valence electrons. The summed E-state index contributed by atoms with van der Waals surface area (Å²) in [6.07, 6.45) is 1.64. The minimum Gasteiger partial charge on any atom is -0.464 e. The van der Waals surface area contributed by atoms with Crippen LogP contribution in [0, 0.1) is 6.92 Å². The first-order valence-electron chi connectivity index (χ1n) is 10.4. The molecule has 0 bridgehead atoms. The Balaban J connectivity index is 1.50. The van der Waals surface area contributed by atoms with E-state index in [1.54, 1.807) is 30.5 Å². The van der Waals surface area contributed by atoms with E-state index >= 15 is 0 Å². The number of benzene rings is 2. The fourth-order valence-corrected chi connectivity index (χ4v) is 4.04. The van der Waals surface area contributed by atoms with E-state index in [9.17, 15) is 9.59 Å². The lowest BCUT2D eigenvalue weighted by Gasteiger charge is -2.16. The van der Waals surface area contributed by atoms with Crippen molar-refractivity contribution in [1.82, 2.24) is 0 Å². The van der Waals surface area contributed by atoms with Gasteiger partial charge in [0.1, 0.15) is 11.2 Å². The number of hydrogen-bond donors (Lipinski definition) is 1. The molecule has 0 atom stereocenters. The molecule has 0 fully saturated rings. The Kier molecular flexibility index (Phi) is 4.51. The van der Waals surface area contributed by atoms with Gasteiger partial charge < -0.3 is 23.6 Å². The van der Waals surface area contributed by atoms with Crippen molar-refractivity contribution >= 4 is 33.5 Å². The van der Waals surface area contributed by atoms with E-state index in [0.29, 0.717) is 33.9 Å². The average molecular weight is 433 g/mol. The van der Waals surface area contributed by atoms with Crippen molar-refractivity contribution in [1.29, 1.82) is 0 Å². The van der Waals surface area contributed by atoms with Gasteiger partial charge >= 0.3 is 5.63 Å². The van der Waals surface area contributed by atoms with Crippen molar-refractivity contribution in [3.05, 3.63) is 63.7 Å². The second kappa shape index (κ2) is 7.15. The van der Waals surface area contributed by atoms with Crippen LogP contribution in [-0.4, -0.2) is 12.7 Å². The molecule has 2 aromatic heterocycles. The van der Waals surface area contributed by atoms with Crippen molar-refractivity contribution < 1.29 is 23.1 Å². The van der Waals surface area contributed by atoms with Crippen LogP contribution in [0.1, 0.15) is 37.5 Å². The Morgan fingerprint density at radius 2 is 1.81 bits per heavy atom. The van der Waals surface area contributed by atoms with E-state index in [2.05, 4.69) is 26.1 Å². The highest BCUT2D eigenvalue weighted by atomic mass is 16.7. The number of fused-ring (bicyclic) bond motifs is 3. The van der Waals surface area contributed by atoms with E-state index < -0.39 is 5.63 Å². The molecule has 0 radical (unpaired) electrons. The zero-order valence-electron chi connectivity index (χ0n) is 18.3. The first kappa shape index (κ1) is 20.2. The van der Waals surface area contributed by atoms with Gasteiger partial charge in [-0.25, -0.2) is 4.79 Å². The SMILES string of the molecule is Cc1c(CC(=O)Nc2ccc3c(c2)OCO3)c(=O)oc2cc3occ(C(C)(C)C)c3cc12. The van der Waals surface area contributed by atoms with Crippen molar-refractivity contribution in [2.24, 2.45) is 0 Å². The molecule has 1 aliphatic rings. The average Bonchev–Trinajstić information content (AvgIpc) is 3.35. The third kappa shape index (κ3) is 3.39.